The van der Waals surface area contributed by atoms with Crippen molar-refractivity contribution in [2.45, 2.75) is 204 Å². The Bertz CT molecular complexity index is 2070. The van der Waals surface area contributed by atoms with E-state index in [4.69, 9.17) is 0 Å². The lowest BCUT2D eigenvalue weighted by atomic mass is 9.55. The molecule has 0 radical (unpaired) electrons. The highest BCUT2D eigenvalue weighted by Crippen LogP contribution is 2.59. The third-order valence-electron chi connectivity index (χ3n) is 16.6. The molecule has 0 aromatic carbocycles. The zero-order chi connectivity index (χ0) is 48.5. The van der Waals surface area contributed by atoms with Gasteiger partial charge in [0.1, 0.15) is 0 Å². The fourth-order valence-electron chi connectivity index (χ4n) is 13.7. The van der Waals surface area contributed by atoms with Gasteiger partial charge in [0.05, 0.1) is 36.9 Å². The van der Waals surface area contributed by atoms with Crippen LogP contribution in [0.25, 0.3) is 0 Å². The van der Waals surface area contributed by atoms with Gasteiger partial charge in [-0.25, -0.2) is 28.1 Å². The molecule has 1 aromatic rings. The maximum atomic E-state index is 15.3. The van der Waals surface area contributed by atoms with Crippen LogP contribution in [0.5, 0.6) is 0 Å². The normalized spacial score (nSPS) is 28.0. The van der Waals surface area contributed by atoms with E-state index < -0.39 is 33.3 Å². The van der Waals surface area contributed by atoms with E-state index in [9.17, 15) is 15.3 Å². The molecule has 3 aliphatic carbocycles. The highest BCUT2D eigenvalue weighted by molar-refractivity contribution is 5.48. The number of aromatic nitrogens is 3. The minimum atomic E-state index is -0.728. The Morgan fingerprint density at radius 3 is 0.762 bits per heavy atom. The van der Waals surface area contributed by atoms with Crippen molar-refractivity contribution in [2.24, 2.45) is 50.2 Å². The number of hydrogen-bond acceptors (Lipinski definition) is 6. The van der Waals surface area contributed by atoms with E-state index in [0.717, 1.165) is 52.7 Å². The molecule has 0 spiro atoms. The van der Waals surface area contributed by atoms with E-state index in [0.29, 0.717) is 36.0 Å². The van der Waals surface area contributed by atoms with Gasteiger partial charge in [0.15, 0.2) is 0 Å². The second-order valence-corrected chi connectivity index (χ2v) is 23.3. The number of nitrogens with zero attached hydrogens (tertiary/aromatic N) is 3. The number of hydrogen-bond donors (Lipinski definition) is 3. The molecule has 9 nitrogen and oxygen atoms in total. The van der Waals surface area contributed by atoms with Crippen LogP contribution in [0.4, 0.5) is 0 Å². The van der Waals surface area contributed by atoms with E-state index in [-0.39, 0.29) is 70.9 Å². The first-order chi connectivity index (χ1) is 28.8. The summed E-state index contributed by atoms with van der Waals surface area (Å²) in [5.41, 5.74) is 3.08. The topological polar surface area (TPSA) is 127 Å². The fourth-order valence-corrected chi connectivity index (χ4v) is 13.7. The standard InChI is InChI=1S/C54H87N3O6/c1-22-37-34(31(7)40(58)43(49(10,11)12)52(37,19)25-4)28-55-46(61)56(29-35-32(8)41(59)44(50(13,14)15)53(20,26-5)38(35)23-2)48(63)57(47(55)62)30-36-33(9)42(60)45(51(16,17)18)54(21,27-6)39(36)24-3/h43-45,58-60H,22-30H2,1-21H3. The summed E-state index contributed by atoms with van der Waals surface area (Å²) in [6, 6.07) is 0. The Balaban J connectivity index is 2.20. The van der Waals surface area contributed by atoms with Crippen LogP contribution in [0.15, 0.2) is 81.8 Å². The van der Waals surface area contributed by atoms with Crippen LogP contribution >= 0.6 is 0 Å². The predicted molar refractivity (Wildman–Crippen MR) is 261 cm³/mol. The summed E-state index contributed by atoms with van der Waals surface area (Å²) in [4.78, 5) is 45.8. The number of allylic oxidation sites excluding steroid dienone is 12. The molecule has 9 heteroatoms. The maximum absolute atomic E-state index is 15.3. The van der Waals surface area contributed by atoms with Crippen molar-refractivity contribution in [1.29, 1.82) is 0 Å². The smallest absolute Gasteiger partial charge is 0.336 e. The summed E-state index contributed by atoms with van der Waals surface area (Å²) in [5, 5.41) is 36.3. The van der Waals surface area contributed by atoms with Gasteiger partial charge in [0.25, 0.3) is 0 Å². The average molecular weight is 874 g/mol. The Kier molecular flexibility index (Phi) is 14.5. The highest BCUT2D eigenvalue weighted by Gasteiger charge is 2.52. The number of aliphatic hydroxyl groups is 3. The lowest BCUT2D eigenvalue weighted by Crippen LogP contribution is -2.56. The lowest BCUT2D eigenvalue weighted by Gasteiger charge is -2.50. The van der Waals surface area contributed by atoms with Crippen LogP contribution in [0.2, 0.25) is 0 Å². The molecule has 4 rings (SSSR count). The Morgan fingerprint density at radius 1 is 0.429 bits per heavy atom. The molecule has 0 saturated heterocycles. The molecule has 63 heavy (non-hydrogen) atoms. The minimum absolute atomic E-state index is 0.124. The first-order valence-electron chi connectivity index (χ1n) is 24.1. The summed E-state index contributed by atoms with van der Waals surface area (Å²) in [6.07, 6.45) is 4.17. The summed E-state index contributed by atoms with van der Waals surface area (Å²) in [5.74, 6) is 0.249. The van der Waals surface area contributed by atoms with Crippen molar-refractivity contribution in [3.05, 3.63) is 98.9 Å². The highest BCUT2D eigenvalue weighted by atomic mass is 16.3. The molecule has 0 bridgehead atoms. The lowest BCUT2D eigenvalue weighted by molar-refractivity contribution is 0.0766. The van der Waals surface area contributed by atoms with Crippen LogP contribution in [-0.4, -0.2) is 29.0 Å². The molecule has 0 aliphatic heterocycles. The average Bonchev–Trinajstić information content (AvgIpc) is 3.17. The number of aliphatic hydroxyl groups excluding tert-OH is 3. The minimum Gasteiger partial charge on any atom is -0.512 e. The molecule has 0 saturated carbocycles. The van der Waals surface area contributed by atoms with Crippen LogP contribution in [0.3, 0.4) is 0 Å². The van der Waals surface area contributed by atoms with E-state index in [2.05, 4.69) is 125 Å². The van der Waals surface area contributed by atoms with Crippen LogP contribution in [0, 0.1) is 50.2 Å². The molecular formula is C54H87N3O6. The van der Waals surface area contributed by atoms with Gasteiger partial charge in [-0.15, -0.1) is 0 Å². The van der Waals surface area contributed by atoms with Crippen molar-refractivity contribution >= 4 is 0 Å². The van der Waals surface area contributed by atoms with Gasteiger partial charge in [-0.1, -0.05) is 141 Å². The van der Waals surface area contributed by atoms with Crippen molar-refractivity contribution in [3.8, 4) is 0 Å². The monoisotopic (exact) mass is 874 g/mol. The zero-order valence-electron chi connectivity index (χ0n) is 43.5. The van der Waals surface area contributed by atoms with Crippen molar-refractivity contribution < 1.29 is 15.3 Å². The van der Waals surface area contributed by atoms with E-state index in [1.165, 1.54) is 13.7 Å². The van der Waals surface area contributed by atoms with Gasteiger partial charge in [-0.3, -0.25) is 0 Å². The fraction of sp³-hybridized carbons (Fsp3) is 0.722. The zero-order valence-corrected chi connectivity index (χ0v) is 43.5. The quantitative estimate of drug-likeness (QED) is 0.192. The number of rotatable bonds is 12. The van der Waals surface area contributed by atoms with Gasteiger partial charge in [0.2, 0.25) is 0 Å². The van der Waals surface area contributed by atoms with Crippen molar-refractivity contribution in [3.63, 3.8) is 0 Å². The molecule has 0 amide bonds. The maximum Gasteiger partial charge on any atom is 0.336 e. The molecule has 3 aliphatic rings. The first-order valence-corrected chi connectivity index (χ1v) is 24.1. The van der Waals surface area contributed by atoms with E-state index >= 15 is 14.4 Å². The van der Waals surface area contributed by atoms with Gasteiger partial charge >= 0.3 is 17.1 Å². The van der Waals surface area contributed by atoms with E-state index in [1.54, 1.807) is 0 Å². The first kappa shape index (κ1) is 51.9. The molecule has 1 aromatic heterocycles. The summed E-state index contributed by atoms with van der Waals surface area (Å²) in [7, 11) is 0. The summed E-state index contributed by atoms with van der Waals surface area (Å²) < 4.78 is 3.60. The molecule has 6 atom stereocenters. The third kappa shape index (κ3) is 8.27. The summed E-state index contributed by atoms with van der Waals surface area (Å²) in [6.45, 7) is 43.8. The molecule has 354 valence electrons. The summed E-state index contributed by atoms with van der Waals surface area (Å²) >= 11 is 0. The second-order valence-electron chi connectivity index (χ2n) is 23.3. The van der Waals surface area contributed by atoms with Gasteiger partial charge in [-0.05, 0) is 125 Å². The Labute approximate surface area is 380 Å². The molecular weight excluding hydrogens is 787 g/mol. The molecule has 0 fully saturated rings. The van der Waals surface area contributed by atoms with Crippen LogP contribution in [-0.2, 0) is 19.6 Å². The van der Waals surface area contributed by atoms with Crippen molar-refractivity contribution in [2.75, 3.05) is 0 Å². The Hall–Kier alpha value is -3.75. The van der Waals surface area contributed by atoms with Crippen LogP contribution < -0.4 is 17.1 Å². The predicted octanol–water partition coefficient (Wildman–Crippen LogP) is 13.1. The molecule has 3 N–H and O–H groups in total. The largest absolute Gasteiger partial charge is 0.512 e. The van der Waals surface area contributed by atoms with Crippen LogP contribution in [0.1, 0.15) is 184 Å². The van der Waals surface area contributed by atoms with Crippen molar-refractivity contribution in [1.82, 2.24) is 13.7 Å². The molecule has 1 heterocycles. The molecule has 6 unspecified atom stereocenters. The van der Waals surface area contributed by atoms with Gasteiger partial charge < -0.3 is 15.3 Å². The van der Waals surface area contributed by atoms with Gasteiger partial charge in [0, 0.05) is 17.8 Å². The van der Waals surface area contributed by atoms with E-state index in [1.807, 2.05) is 20.8 Å². The Morgan fingerprint density at radius 2 is 0.619 bits per heavy atom. The SMILES string of the molecule is CCC1=C(Cn2c(=O)n(CC3=C(CC)C(C)(CC)C(C(C)(C)C)C(O)=C3C)c(=O)n(CC3=C(CC)C(C)(CC)C(C(C)(C)C)C(O)=C3C)c2=O)C(C)=C(O)C(C(C)(C)C)C1(C)CC. The second kappa shape index (κ2) is 17.6. The third-order valence-corrected chi connectivity index (χ3v) is 16.6. The van der Waals surface area contributed by atoms with Gasteiger partial charge in [-0.2, -0.15) is 0 Å².